The van der Waals surface area contributed by atoms with Gasteiger partial charge < -0.3 is 19.9 Å². The van der Waals surface area contributed by atoms with E-state index in [4.69, 9.17) is 12.2 Å². The molecule has 9 nitrogen and oxygen atoms in total. The molecule has 1 saturated heterocycles. The molecule has 0 spiro atoms. The Balaban J connectivity index is 1.68. The zero-order valence-electron chi connectivity index (χ0n) is 22.4. The highest BCUT2D eigenvalue weighted by Gasteiger charge is 2.42. The van der Waals surface area contributed by atoms with Crippen molar-refractivity contribution in [3.63, 3.8) is 0 Å². The Morgan fingerprint density at radius 2 is 1.77 bits per heavy atom. The van der Waals surface area contributed by atoms with Crippen molar-refractivity contribution in [2.45, 2.75) is 32.9 Å². The van der Waals surface area contributed by atoms with Crippen molar-refractivity contribution in [3.8, 4) is 5.69 Å². The quantitative estimate of drug-likeness (QED) is 0.262. The van der Waals surface area contributed by atoms with Gasteiger partial charge in [-0.15, -0.1) is 0 Å². The largest absolute Gasteiger partial charge is 0.478 e. The molecule has 1 aliphatic heterocycles. The Kier molecular flexibility index (Phi) is 7.11. The van der Waals surface area contributed by atoms with E-state index >= 15 is 0 Å². The molecule has 0 bridgehead atoms. The fourth-order valence-corrected chi connectivity index (χ4v) is 6.34. The summed E-state index contributed by atoms with van der Waals surface area (Å²) >= 11 is 5.86. The number of benzene rings is 2. The second-order valence-corrected chi connectivity index (χ2v) is 12.0. The molecule has 1 aliphatic rings. The van der Waals surface area contributed by atoms with Crippen LogP contribution < -0.4 is 14.9 Å². The number of para-hydroxylation sites is 1. The normalized spacial score (nSPS) is 17.1. The summed E-state index contributed by atoms with van der Waals surface area (Å²) < 4.78 is 28.2. The van der Waals surface area contributed by atoms with Crippen molar-refractivity contribution >= 4 is 44.7 Å². The van der Waals surface area contributed by atoms with E-state index in [2.05, 4.69) is 21.1 Å². The summed E-state index contributed by atoms with van der Waals surface area (Å²) in [7, 11) is -3.44. The molecule has 2 atom stereocenters. The number of nitrogens with one attached hydrogen (secondary N) is 2. The predicted octanol–water partition coefficient (Wildman–Crippen LogP) is 5.04. The van der Waals surface area contributed by atoms with Gasteiger partial charge in [0.15, 0.2) is 5.11 Å². The molecule has 0 aliphatic carbocycles. The second kappa shape index (κ2) is 10.4. The zero-order valence-corrected chi connectivity index (χ0v) is 24.0. The number of carboxylic acid groups (broad SMARTS) is 1. The number of sulfonamides is 1. The van der Waals surface area contributed by atoms with Crippen molar-refractivity contribution in [1.29, 1.82) is 0 Å². The van der Waals surface area contributed by atoms with Crippen LogP contribution in [0, 0.1) is 20.8 Å². The maximum Gasteiger partial charge on any atom is 0.337 e. The monoisotopic (exact) mass is 575 g/mol. The molecule has 0 radical (unpaired) electrons. The maximum atomic E-state index is 12.0. The molecule has 11 heteroatoms. The Bertz CT molecular complexity index is 1730. The molecule has 0 saturated carbocycles. The summed E-state index contributed by atoms with van der Waals surface area (Å²) in [5.41, 5.74) is 6.32. The Labute approximate surface area is 238 Å². The second-order valence-electron chi connectivity index (χ2n) is 9.85. The Hall–Kier alpha value is -4.22. The van der Waals surface area contributed by atoms with Crippen molar-refractivity contribution in [2.75, 3.05) is 15.9 Å². The van der Waals surface area contributed by atoms with Crippen molar-refractivity contribution in [1.82, 2.24) is 14.9 Å². The van der Waals surface area contributed by atoms with E-state index in [9.17, 15) is 18.3 Å². The van der Waals surface area contributed by atoms with E-state index in [0.717, 1.165) is 40.2 Å². The fourth-order valence-electron chi connectivity index (χ4n) is 5.37. The average molecular weight is 576 g/mol. The molecule has 40 heavy (non-hydrogen) atoms. The van der Waals surface area contributed by atoms with Gasteiger partial charge >= 0.3 is 5.97 Å². The van der Waals surface area contributed by atoms with Gasteiger partial charge in [-0.1, -0.05) is 18.2 Å². The summed E-state index contributed by atoms with van der Waals surface area (Å²) in [5.74, 6) is -1.00. The summed E-state index contributed by atoms with van der Waals surface area (Å²) in [6.07, 6.45) is 2.85. The van der Waals surface area contributed by atoms with E-state index in [-0.39, 0.29) is 17.6 Å². The first-order chi connectivity index (χ1) is 19.0. The number of carboxylic acids is 1. The number of hydrogen-bond donors (Lipinski definition) is 3. The third kappa shape index (κ3) is 5.05. The topological polar surface area (TPSA) is 117 Å². The third-order valence-electron chi connectivity index (χ3n) is 7.05. The lowest BCUT2D eigenvalue weighted by Crippen LogP contribution is -2.29. The van der Waals surface area contributed by atoms with E-state index in [1.807, 2.05) is 66.6 Å². The highest BCUT2D eigenvalue weighted by Crippen LogP contribution is 2.44. The molecular weight excluding hydrogens is 546 g/mol. The van der Waals surface area contributed by atoms with E-state index < -0.39 is 16.0 Å². The third-order valence-corrected chi connectivity index (χ3v) is 7.95. The molecule has 3 heterocycles. The number of aromatic carboxylic acids is 1. The predicted molar refractivity (Wildman–Crippen MR) is 160 cm³/mol. The first kappa shape index (κ1) is 27.4. The first-order valence-corrected chi connectivity index (χ1v) is 14.9. The molecule has 206 valence electrons. The van der Waals surface area contributed by atoms with Crippen molar-refractivity contribution < 1.29 is 18.3 Å². The van der Waals surface area contributed by atoms with Crippen LogP contribution in [0.5, 0.6) is 0 Å². The van der Waals surface area contributed by atoms with Crippen LogP contribution in [-0.2, 0) is 10.0 Å². The Morgan fingerprint density at radius 3 is 2.42 bits per heavy atom. The molecular formula is C29H29N5O4S2. The van der Waals surface area contributed by atoms with Gasteiger partial charge in [0.1, 0.15) is 0 Å². The molecule has 1 fully saturated rings. The lowest BCUT2D eigenvalue weighted by atomic mass is 9.96. The van der Waals surface area contributed by atoms with Crippen LogP contribution in [0.25, 0.3) is 5.69 Å². The Morgan fingerprint density at radius 1 is 1.05 bits per heavy atom. The lowest BCUT2D eigenvalue weighted by Gasteiger charge is -2.29. The van der Waals surface area contributed by atoms with Crippen LogP contribution in [0.1, 0.15) is 50.7 Å². The minimum Gasteiger partial charge on any atom is -0.478 e. The van der Waals surface area contributed by atoms with Crippen LogP contribution in [0.15, 0.2) is 72.9 Å². The zero-order chi connectivity index (χ0) is 28.8. The summed E-state index contributed by atoms with van der Waals surface area (Å²) in [6.45, 7) is 5.76. The average Bonchev–Trinajstić information content (AvgIpc) is 3.39. The van der Waals surface area contributed by atoms with E-state index in [0.29, 0.717) is 16.5 Å². The van der Waals surface area contributed by atoms with Gasteiger partial charge in [0.25, 0.3) is 0 Å². The molecule has 0 unspecified atom stereocenters. The number of aryl methyl sites for hydroxylation is 2. The minimum absolute atomic E-state index is 0.207. The number of nitrogens with zero attached hydrogens (tertiary/aromatic N) is 3. The minimum atomic E-state index is -3.44. The van der Waals surface area contributed by atoms with Crippen LogP contribution in [0.3, 0.4) is 0 Å². The molecule has 2 aromatic carbocycles. The fraction of sp³-hybridized carbons (Fsp3) is 0.207. The van der Waals surface area contributed by atoms with Gasteiger partial charge in [-0.25, -0.2) is 13.2 Å². The number of pyridine rings is 1. The number of rotatable bonds is 7. The SMILES string of the molecule is Cc1cc(N2C(=S)N[C@@H](c3ccccn3)[C@@H]2c2cc(C)n(-c3ccccc3C(=O)O)c2C)ccc1NS(C)(=O)=O. The van der Waals surface area contributed by atoms with Crippen LogP contribution in [0.2, 0.25) is 0 Å². The van der Waals surface area contributed by atoms with Gasteiger partial charge in [0.05, 0.1) is 41.0 Å². The lowest BCUT2D eigenvalue weighted by molar-refractivity contribution is 0.0697. The van der Waals surface area contributed by atoms with Gasteiger partial charge in [-0.2, -0.15) is 0 Å². The molecule has 3 N–H and O–H groups in total. The summed E-state index contributed by atoms with van der Waals surface area (Å²) in [4.78, 5) is 18.7. The van der Waals surface area contributed by atoms with Crippen LogP contribution >= 0.6 is 12.2 Å². The highest BCUT2D eigenvalue weighted by atomic mass is 32.2. The van der Waals surface area contributed by atoms with E-state index in [1.165, 1.54) is 0 Å². The smallest absolute Gasteiger partial charge is 0.337 e. The standard InChI is InChI=1S/C29H29N5O4S2/c1-17-15-20(12-13-23(17)32-40(4,37)38)34-27(26(31-29(34)39)24-10-7-8-14-30-24)22-16-18(2)33(19(22)3)25-11-6-5-9-21(25)28(35)36/h5-16,26-27,32H,1-4H3,(H,31,39)(H,35,36)/t26-,27-/m0/s1. The molecule has 2 aromatic heterocycles. The van der Waals surface area contributed by atoms with Gasteiger partial charge in [0, 0.05) is 23.3 Å². The maximum absolute atomic E-state index is 12.0. The van der Waals surface area contributed by atoms with Crippen LogP contribution in [-0.4, -0.2) is 40.4 Å². The van der Waals surface area contributed by atoms with Gasteiger partial charge in [-0.05, 0) is 92.6 Å². The number of aromatic nitrogens is 2. The molecule has 5 rings (SSSR count). The molecule has 0 amide bonds. The summed E-state index contributed by atoms with van der Waals surface area (Å²) in [6, 6.07) is 19.6. The molecule has 4 aromatic rings. The van der Waals surface area contributed by atoms with Gasteiger partial charge in [-0.3, -0.25) is 9.71 Å². The van der Waals surface area contributed by atoms with Gasteiger partial charge in [0.2, 0.25) is 10.0 Å². The highest BCUT2D eigenvalue weighted by molar-refractivity contribution is 7.92. The number of hydrogen-bond acceptors (Lipinski definition) is 5. The van der Waals surface area contributed by atoms with E-state index in [1.54, 1.807) is 30.5 Å². The number of anilines is 2. The van der Waals surface area contributed by atoms with Crippen molar-refractivity contribution in [3.05, 3.63) is 107 Å². The van der Waals surface area contributed by atoms with Crippen LogP contribution in [0.4, 0.5) is 11.4 Å². The number of carbonyl (C=O) groups is 1. The first-order valence-electron chi connectivity index (χ1n) is 12.6. The summed E-state index contributed by atoms with van der Waals surface area (Å²) in [5, 5.41) is 13.8. The number of thiocarbonyl (C=S) groups is 1. The van der Waals surface area contributed by atoms with Crippen molar-refractivity contribution in [2.24, 2.45) is 0 Å².